The SMILES string of the molecule is O=C(O)c1ccc(CNCCC2C[C@@H]3C=C[C@H]2C3)cc1. The summed E-state index contributed by atoms with van der Waals surface area (Å²) >= 11 is 0. The molecule has 20 heavy (non-hydrogen) atoms. The molecule has 0 saturated heterocycles. The fourth-order valence-electron chi connectivity index (χ4n) is 3.51. The van der Waals surface area contributed by atoms with Gasteiger partial charge in [0.1, 0.15) is 0 Å². The monoisotopic (exact) mass is 271 g/mol. The molecule has 2 aliphatic carbocycles. The topological polar surface area (TPSA) is 49.3 Å². The van der Waals surface area contributed by atoms with Crippen LogP contribution in [0.2, 0.25) is 0 Å². The Morgan fingerprint density at radius 3 is 2.60 bits per heavy atom. The fourth-order valence-corrected chi connectivity index (χ4v) is 3.51. The van der Waals surface area contributed by atoms with Gasteiger partial charge in [-0.05, 0) is 61.3 Å². The Kier molecular flexibility index (Phi) is 3.88. The van der Waals surface area contributed by atoms with Crippen molar-refractivity contribution in [2.24, 2.45) is 17.8 Å². The number of benzene rings is 1. The van der Waals surface area contributed by atoms with Crippen molar-refractivity contribution in [2.45, 2.75) is 25.8 Å². The van der Waals surface area contributed by atoms with Gasteiger partial charge in [0, 0.05) is 6.54 Å². The van der Waals surface area contributed by atoms with E-state index in [2.05, 4.69) is 17.5 Å². The summed E-state index contributed by atoms with van der Waals surface area (Å²) in [5.74, 6) is 1.69. The van der Waals surface area contributed by atoms with Gasteiger partial charge in [0.15, 0.2) is 0 Å². The van der Waals surface area contributed by atoms with E-state index in [4.69, 9.17) is 5.11 Å². The molecule has 3 nitrogen and oxygen atoms in total. The van der Waals surface area contributed by atoms with Gasteiger partial charge in [-0.15, -0.1) is 0 Å². The Bertz CT molecular complexity index is 506. The van der Waals surface area contributed by atoms with Crippen molar-refractivity contribution in [3.8, 4) is 0 Å². The number of nitrogens with one attached hydrogen (secondary N) is 1. The van der Waals surface area contributed by atoms with Crippen LogP contribution in [0.4, 0.5) is 0 Å². The molecule has 106 valence electrons. The lowest BCUT2D eigenvalue weighted by Gasteiger charge is -2.18. The van der Waals surface area contributed by atoms with Crippen LogP contribution in [0.3, 0.4) is 0 Å². The molecule has 1 unspecified atom stereocenters. The first-order valence-electron chi connectivity index (χ1n) is 7.43. The highest BCUT2D eigenvalue weighted by Crippen LogP contribution is 2.44. The van der Waals surface area contributed by atoms with Crippen molar-refractivity contribution >= 4 is 5.97 Å². The smallest absolute Gasteiger partial charge is 0.335 e. The summed E-state index contributed by atoms with van der Waals surface area (Å²) in [6, 6.07) is 7.10. The van der Waals surface area contributed by atoms with Crippen molar-refractivity contribution in [1.29, 1.82) is 0 Å². The lowest BCUT2D eigenvalue weighted by Crippen LogP contribution is -2.19. The van der Waals surface area contributed by atoms with Crippen LogP contribution < -0.4 is 5.32 Å². The van der Waals surface area contributed by atoms with Gasteiger partial charge in [0.05, 0.1) is 5.56 Å². The molecule has 0 radical (unpaired) electrons. The summed E-state index contributed by atoms with van der Waals surface area (Å²) < 4.78 is 0. The van der Waals surface area contributed by atoms with E-state index < -0.39 is 5.97 Å². The Morgan fingerprint density at radius 2 is 2.00 bits per heavy atom. The maximum absolute atomic E-state index is 10.8. The maximum Gasteiger partial charge on any atom is 0.335 e. The standard InChI is InChI=1S/C17H21NO2/c19-17(20)14-4-1-12(2-5-14)11-18-8-7-16-10-13-3-6-15(16)9-13/h1-6,13,15-16,18H,7-11H2,(H,19,20)/t13-,15+,16?/m1/s1. The van der Waals surface area contributed by atoms with Crippen LogP contribution in [0.1, 0.15) is 35.2 Å². The molecule has 2 aliphatic rings. The highest BCUT2D eigenvalue weighted by atomic mass is 16.4. The maximum atomic E-state index is 10.8. The van der Waals surface area contributed by atoms with E-state index in [0.29, 0.717) is 5.56 Å². The number of hydrogen-bond donors (Lipinski definition) is 2. The van der Waals surface area contributed by atoms with E-state index >= 15 is 0 Å². The molecule has 0 amide bonds. The van der Waals surface area contributed by atoms with Gasteiger partial charge in [-0.1, -0.05) is 24.3 Å². The zero-order chi connectivity index (χ0) is 13.9. The molecule has 3 atom stereocenters. The summed E-state index contributed by atoms with van der Waals surface area (Å²) in [7, 11) is 0. The van der Waals surface area contributed by atoms with Crippen molar-refractivity contribution in [1.82, 2.24) is 5.32 Å². The predicted molar refractivity (Wildman–Crippen MR) is 78.6 cm³/mol. The molecule has 1 fully saturated rings. The average molecular weight is 271 g/mol. The van der Waals surface area contributed by atoms with E-state index in [1.165, 1.54) is 19.3 Å². The molecule has 3 heteroatoms. The van der Waals surface area contributed by atoms with Crippen molar-refractivity contribution in [2.75, 3.05) is 6.54 Å². The van der Waals surface area contributed by atoms with Crippen LogP contribution in [-0.4, -0.2) is 17.6 Å². The molecule has 2 bridgehead atoms. The van der Waals surface area contributed by atoms with Crippen LogP contribution in [0.25, 0.3) is 0 Å². The third kappa shape index (κ3) is 2.93. The van der Waals surface area contributed by atoms with Crippen LogP contribution in [-0.2, 0) is 6.54 Å². The first-order chi connectivity index (χ1) is 9.72. The van der Waals surface area contributed by atoms with Crippen LogP contribution in [0.15, 0.2) is 36.4 Å². The Labute approximate surface area is 119 Å². The summed E-state index contributed by atoms with van der Waals surface area (Å²) in [5, 5.41) is 12.3. The summed E-state index contributed by atoms with van der Waals surface area (Å²) in [4.78, 5) is 10.8. The molecule has 3 rings (SSSR count). The van der Waals surface area contributed by atoms with E-state index in [1.807, 2.05) is 12.1 Å². The number of carbonyl (C=O) groups is 1. The number of aromatic carboxylic acids is 1. The van der Waals surface area contributed by atoms with E-state index in [1.54, 1.807) is 12.1 Å². The quantitative estimate of drug-likeness (QED) is 0.617. The van der Waals surface area contributed by atoms with Gasteiger partial charge in [-0.2, -0.15) is 0 Å². The molecule has 0 aromatic heterocycles. The molecule has 1 saturated carbocycles. The average Bonchev–Trinajstić information content (AvgIpc) is 3.06. The molecule has 2 N–H and O–H groups in total. The first-order valence-corrected chi connectivity index (χ1v) is 7.43. The zero-order valence-corrected chi connectivity index (χ0v) is 11.6. The molecule has 1 aromatic carbocycles. The number of hydrogen-bond acceptors (Lipinski definition) is 2. The minimum Gasteiger partial charge on any atom is -0.478 e. The van der Waals surface area contributed by atoms with Gasteiger partial charge in [-0.3, -0.25) is 0 Å². The minimum atomic E-state index is -0.867. The Morgan fingerprint density at radius 1 is 1.20 bits per heavy atom. The van der Waals surface area contributed by atoms with E-state index in [0.717, 1.165) is 36.4 Å². The second kappa shape index (κ2) is 5.80. The highest BCUT2D eigenvalue weighted by Gasteiger charge is 2.34. The van der Waals surface area contributed by atoms with Crippen molar-refractivity contribution < 1.29 is 9.90 Å². The van der Waals surface area contributed by atoms with Crippen molar-refractivity contribution in [3.63, 3.8) is 0 Å². The predicted octanol–water partition coefficient (Wildman–Crippen LogP) is 3.08. The number of fused-ring (bicyclic) bond motifs is 2. The minimum absolute atomic E-state index is 0.350. The number of rotatable bonds is 6. The van der Waals surface area contributed by atoms with Gasteiger partial charge < -0.3 is 10.4 Å². The van der Waals surface area contributed by atoms with Gasteiger partial charge in [-0.25, -0.2) is 4.79 Å². The number of allylic oxidation sites excluding steroid dienone is 2. The molecule has 0 heterocycles. The van der Waals surface area contributed by atoms with E-state index in [-0.39, 0.29) is 0 Å². The van der Waals surface area contributed by atoms with E-state index in [9.17, 15) is 4.79 Å². The van der Waals surface area contributed by atoms with Crippen LogP contribution >= 0.6 is 0 Å². The molecular formula is C17H21NO2. The largest absolute Gasteiger partial charge is 0.478 e. The van der Waals surface area contributed by atoms with Crippen molar-refractivity contribution in [3.05, 3.63) is 47.5 Å². The Hall–Kier alpha value is -1.61. The Balaban J connectivity index is 1.39. The lowest BCUT2D eigenvalue weighted by molar-refractivity contribution is 0.0697. The lowest BCUT2D eigenvalue weighted by atomic mass is 9.91. The van der Waals surface area contributed by atoms with Gasteiger partial charge >= 0.3 is 5.97 Å². The fraction of sp³-hybridized carbons (Fsp3) is 0.471. The molecular weight excluding hydrogens is 250 g/mol. The zero-order valence-electron chi connectivity index (χ0n) is 11.6. The van der Waals surface area contributed by atoms with Gasteiger partial charge in [0.2, 0.25) is 0 Å². The van der Waals surface area contributed by atoms with Crippen LogP contribution in [0, 0.1) is 17.8 Å². The normalized spacial score (nSPS) is 27.1. The second-order valence-corrected chi connectivity index (χ2v) is 6.01. The second-order valence-electron chi connectivity index (χ2n) is 6.01. The number of carboxylic acid groups (broad SMARTS) is 1. The summed E-state index contributed by atoms with van der Waals surface area (Å²) in [6.45, 7) is 1.86. The number of carboxylic acids is 1. The third-order valence-corrected chi connectivity index (χ3v) is 4.64. The molecule has 1 aromatic rings. The highest BCUT2D eigenvalue weighted by molar-refractivity contribution is 5.87. The summed E-state index contributed by atoms with van der Waals surface area (Å²) in [6.07, 6.45) is 8.79. The van der Waals surface area contributed by atoms with Crippen LogP contribution in [0.5, 0.6) is 0 Å². The van der Waals surface area contributed by atoms with Gasteiger partial charge in [0.25, 0.3) is 0 Å². The third-order valence-electron chi connectivity index (χ3n) is 4.64. The first kappa shape index (κ1) is 13.4. The summed E-state index contributed by atoms with van der Waals surface area (Å²) in [5.41, 5.74) is 1.49. The molecule has 0 spiro atoms. The molecule has 0 aliphatic heterocycles.